The van der Waals surface area contributed by atoms with E-state index in [9.17, 15) is 4.79 Å². The average molecular weight is 353 g/mol. The molecular weight excluding hydrogens is 332 g/mol. The maximum atomic E-state index is 12.8. The zero-order valence-electron chi connectivity index (χ0n) is 12.3. The summed E-state index contributed by atoms with van der Waals surface area (Å²) in [6.07, 6.45) is 4.19. The van der Waals surface area contributed by atoms with Crippen LogP contribution >= 0.6 is 15.9 Å². The Morgan fingerprint density at radius 1 is 1.48 bits per heavy atom. The molecule has 6 heteroatoms. The number of carbonyl (C=O) groups is 1. The molecule has 0 spiro atoms. The van der Waals surface area contributed by atoms with Crippen LogP contribution in [0, 0.1) is 0 Å². The van der Waals surface area contributed by atoms with E-state index in [1.54, 1.807) is 6.20 Å². The lowest BCUT2D eigenvalue weighted by Crippen LogP contribution is -2.52. The zero-order valence-corrected chi connectivity index (χ0v) is 13.9. The number of amides is 1. The summed E-state index contributed by atoms with van der Waals surface area (Å²) in [5.74, 6) is 0.769. The van der Waals surface area contributed by atoms with Crippen molar-refractivity contribution < 1.29 is 4.79 Å². The van der Waals surface area contributed by atoms with Crippen LogP contribution < -0.4 is 5.32 Å². The topological polar surface area (TPSA) is 48.5 Å². The molecule has 0 saturated carbocycles. The first-order chi connectivity index (χ1) is 10.2. The van der Waals surface area contributed by atoms with Crippen molar-refractivity contribution in [3.05, 3.63) is 22.3 Å². The number of nitrogens with zero attached hydrogens (tertiary/aromatic N) is 3. The quantitative estimate of drug-likeness (QED) is 0.905. The fourth-order valence-corrected chi connectivity index (χ4v) is 3.59. The number of aromatic nitrogens is 1. The second-order valence-corrected chi connectivity index (χ2v) is 6.58. The van der Waals surface area contributed by atoms with Gasteiger partial charge in [-0.1, -0.05) is 0 Å². The van der Waals surface area contributed by atoms with Gasteiger partial charge in [0, 0.05) is 42.9 Å². The molecule has 5 nitrogen and oxygen atoms in total. The van der Waals surface area contributed by atoms with Gasteiger partial charge in [0.15, 0.2) is 0 Å². The van der Waals surface area contributed by atoms with Gasteiger partial charge in [0.05, 0.1) is 5.56 Å². The van der Waals surface area contributed by atoms with Gasteiger partial charge in [-0.2, -0.15) is 0 Å². The van der Waals surface area contributed by atoms with Gasteiger partial charge in [-0.15, -0.1) is 0 Å². The van der Waals surface area contributed by atoms with Crippen molar-refractivity contribution in [3.8, 4) is 0 Å². The molecule has 1 atom stereocenters. The number of piperazine rings is 1. The Hall–Kier alpha value is -1.14. The van der Waals surface area contributed by atoms with E-state index in [0.29, 0.717) is 17.4 Å². The molecule has 114 valence electrons. The molecule has 0 radical (unpaired) electrons. The highest BCUT2D eigenvalue weighted by Crippen LogP contribution is 2.25. The third-order valence-corrected chi connectivity index (χ3v) is 4.74. The number of halogens is 1. The van der Waals surface area contributed by atoms with Crippen LogP contribution in [-0.4, -0.2) is 59.5 Å². The van der Waals surface area contributed by atoms with Gasteiger partial charge >= 0.3 is 0 Å². The van der Waals surface area contributed by atoms with E-state index < -0.39 is 0 Å². The number of anilines is 1. The molecular formula is C15H21BrN4O. The third kappa shape index (κ3) is 3.06. The van der Waals surface area contributed by atoms with E-state index in [1.807, 2.05) is 17.9 Å². The molecule has 1 aromatic heterocycles. The highest BCUT2D eigenvalue weighted by Gasteiger charge is 2.33. The smallest absolute Gasteiger partial charge is 0.257 e. The van der Waals surface area contributed by atoms with E-state index in [0.717, 1.165) is 30.7 Å². The Balaban J connectivity index is 1.79. The summed E-state index contributed by atoms with van der Waals surface area (Å²) in [6, 6.07) is 2.42. The predicted molar refractivity (Wildman–Crippen MR) is 86.6 cm³/mol. The van der Waals surface area contributed by atoms with Gasteiger partial charge in [-0.05, 0) is 48.3 Å². The van der Waals surface area contributed by atoms with Crippen LogP contribution in [0.5, 0.6) is 0 Å². The minimum atomic E-state index is 0.0892. The van der Waals surface area contributed by atoms with E-state index in [4.69, 9.17) is 0 Å². The van der Waals surface area contributed by atoms with Gasteiger partial charge in [0.1, 0.15) is 5.82 Å². The highest BCUT2D eigenvalue weighted by atomic mass is 79.9. The number of hydrogen-bond donors (Lipinski definition) is 1. The molecule has 2 saturated heterocycles. The number of pyridine rings is 1. The Morgan fingerprint density at radius 2 is 2.33 bits per heavy atom. The normalized spacial score (nSPS) is 22.2. The van der Waals surface area contributed by atoms with Crippen LogP contribution in [0.15, 0.2) is 16.7 Å². The summed E-state index contributed by atoms with van der Waals surface area (Å²) >= 11 is 3.42. The fraction of sp³-hybridized carbons (Fsp3) is 0.600. The monoisotopic (exact) mass is 352 g/mol. The first kappa shape index (κ1) is 14.8. The minimum absolute atomic E-state index is 0.0892. The average Bonchev–Trinajstić information content (AvgIpc) is 2.96. The van der Waals surface area contributed by atoms with Crippen molar-refractivity contribution in [2.45, 2.75) is 25.8 Å². The third-order valence-electron chi connectivity index (χ3n) is 4.30. The molecule has 3 heterocycles. The Bertz CT molecular complexity index is 536. The van der Waals surface area contributed by atoms with Crippen molar-refractivity contribution in [2.75, 3.05) is 38.0 Å². The lowest BCUT2D eigenvalue weighted by atomic mass is 10.1. The molecule has 1 N–H and O–H groups in total. The molecule has 2 fully saturated rings. The maximum Gasteiger partial charge on any atom is 0.257 e. The standard InChI is InChI=1S/C15H21BrN4O/c1-2-17-14-13(8-11(16)9-18-14)15(21)20-7-6-19-5-3-4-12(19)10-20/h8-9,12H,2-7,10H2,1H3,(H,17,18). The lowest BCUT2D eigenvalue weighted by molar-refractivity contribution is 0.0572. The first-order valence-corrected chi connectivity index (χ1v) is 8.41. The lowest BCUT2D eigenvalue weighted by Gasteiger charge is -2.37. The van der Waals surface area contributed by atoms with Crippen molar-refractivity contribution in [1.29, 1.82) is 0 Å². The van der Waals surface area contributed by atoms with E-state index in [2.05, 4.69) is 31.1 Å². The molecule has 0 aliphatic carbocycles. The summed E-state index contributed by atoms with van der Waals surface area (Å²) in [5.41, 5.74) is 0.665. The molecule has 0 bridgehead atoms. The van der Waals surface area contributed by atoms with Crippen molar-refractivity contribution in [1.82, 2.24) is 14.8 Å². The van der Waals surface area contributed by atoms with Gasteiger partial charge < -0.3 is 10.2 Å². The number of nitrogens with one attached hydrogen (secondary N) is 1. The van der Waals surface area contributed by atoms with E-state index >= 15 is 0 Å². The molecule has 0 aromatic carbocycles. The van der Waals surface area contributed by atoms with E-state index in [-0.39, 0.29) is 5.91 Å². The molecule has 1 unspecified atom stereocenters. The number of carbonyl (C=O) groups excluding carboxylic acids is 1. The molecule has 1 aromatic rings. The van der Waals surface area contributed by atoms with Crippen LogP contribution in [-0.2, 0) is 0 Å². The molecule has 21 heavy (non-hydrogen) atoms. The van der Waals surface area contributed by atoms with Gasteiger partial charge in [-0.3, -0.25) is 9.69 Å². The van der Waals surface area contributed by atoms with Crippen LogP contribution in [0.2, 0.25) is 0 Å². The second kappa shape index (κ2) is 6.32. The van der Waals surface area contributed by atoms with Crippen LogP contribution in [0.25, 0.3) is 0 Å². The second-order valence-electron chi connectivity index (χ2n) is 5.66. The first-order valence-electron chi connectivity index (χ1n) is 7.61. The van der Waals surface area contributed by atoms with Gasteiger partial charge in [-0.25, -0.2) is 4.98 Å². The summed E-state index contributed by atoms with van der Waals surface area (Å²) in [7, 11) is 0. The van der Waals surface area contributed by atoms with Crippen molar-refractivity contribution in [3.63, 3.8) is 0 Å². The highest BCUT2D eigenvalue weighted by molar-refractivity contribution is 9.10. The number of rotatable bonds is 3. The van der Waals surface area contributed by atoms with Crippen molar-refractivity contribution >= 4 is 27.7 Å². The predicted octanol–water partition coefficient (Wildman–Crippen LogP) is 2.20. The number of hydrogen-bond acceptors (Lipinski definition) is 4. The number of fused-ring (bicyclic) bond motifs is 1. The Labute approximate surface area is 133 Å². The van der Waals surface area contributed by atoms with Crippen LogP contribution in [0.1, 0.15) is 30.1 Å². The Kier molecular flexibility index (Phi) is 4.45. The maximum absolute atomic E-state index is 12.8. The largest absolute Gasteiger partial charge is 0.370 e. The summed E-state index contributed by atoms with van der Waals surface area (Å²) in [4.78, 5) is 21.7. The minimum Gasteiger partial charge on any atom is -0.370 e. The summed E-state index contributed by atoms with van der Waals surface area (Å²) in [6.45, 7) is 6.60. The van der Waals surface area contributed by atoms with Crippen LogP contribution in [0.4, 0.5) is 5.82 Å². The Morgan fingerprint density at radius 3 is 3.14 bits per heavy atom. The van der Waals surface area contributed by atoms with Crippen LogP contribution in [0.3, 0.4) is 0 Å². The zero-order chi connectivity index (χ0) is 14.8. The van der Waals surface area contributed by atoms with Gasteiger partial charge in [0.2, 0.25) is 0 Å². The molecule has 2 aliphatic heterocycles. The SMILES string of the molecule is CCNc1ncc(Br)cc1C(=O)N1CCN2CCCC2C1. The summed E-state index contributed by atoms with van der Waals surface area (Å²) < 4.78 is 0.840. The van der Waals surface area contributed by atoms with Gasteiger partial charge in [0.25, 0.3) is 5.91 Å². The fourth-order valence-electron chi connectivity index (χ4n) is 3.26. The molecule has 1 amide bonds. The molecule has 2 aliphatic rings. The summed E-state index contributed by atoms with van der Waals surface area (Å²) in [5, 5.41) is 3.18. The molecule has 3 rings (SSSR count). The van der Waals surface area contributed by atoms with E-state index in [1.165, 1.54) is 19.4 Å². The van der Waals surface area contributed by atoms with Crippen molar-refractivity contribution in [2.24, 2.45) is 0 Å².